The van der Waals surface area contributed by atoms with Gasteiger partial charge in [-0.2, -0.15) is 0 Å². The number of hydrogen-bond acceptors (Lipinski definition) is 5. The third kappa shape index (κ3) is 2.68. The summed E-state index contributed by atoms with van der Waals surface area (Å²) in [5.74, 6) is 5.88. The molecule has 1 fully saturated rings. The molecule has 1 aliphatic rings. The second kappa shape index (κ2) is 5.67. The van der Waals surface area contributed by atoms with Gasteiger partial charge in [0.25, 0.3) is 5.91 Å². The SMILES string of the molecule is NNc1nc(C(=O)N2CCC(O)CC2)cc2ccccc12. The second-order valence-corrected chi connectivity index (χ2v) is 5.24. The van der Waals surface area contributed by atoms with E-state index in [1.807, 2.05) is 24.3 Å². The van der Waals surface area contributed by atoms with Gasteiger partial charge in [0.15, 0.2) is 0 Å². The maximum Gasteiger partial charge on any atom is 0.272 e. The maximum absolute atomic E-state index is 12.5. The summed E-state index contributed by atoms with van der Waals surface area (Å²) < 4.78 is 0. The Morgan fingerprint density at radius 1 is 1.33 bits per heavy atom. The third-order valence-corrected chi connectivity index (χ3v) is 3.85. The number of aromatic nitrogens is 1. The van der Waals surface area contributed by atoms with Gasteiger partial charge in [-0.3, -0.25) is 4.79 Å². The van der Waals surface area contributed by atoms with E-state index in [4.69, 9.17) is 5.84 Å². The number of nitrogen functional groups attached to an aromatic ring is 1. The molecule has 1 aromatic carbocycles. The van der Waals surface area contributed by atoms with E-state index in [-0.39, 0.29) is 12.0 Å². The number of carbonyl (C=O) groups excluding carboxylic acids is 1. The first kappa shape index (κ1) is 13.8. The molecule has 0 atom stereocenters. The summed E-state index contributed by atoms with van der Waals surface area (Å²) in [4.78, 5) is 18.6. The van der Waals surface area contributed by atoms with Crippen LogP contribution in [-0.2, 0) is 0 Å². The van der Waals surface area contributed by atoms with Gasteiger partial charge in [-0.25, -0.2) is 10.8 Å². The highest BCUT2D eigenvalue weighted by Gasteiger charge is 2.23. The van der Waals surface area contributed by atoms with E-state index in [1.54, 1.807) is 11.0 Å². The van der Waals surface area contributed by atoms with Crippen molar-refractivity contribution < 1.29 is 9.90 Å². The second-order valence-electron chi connectivity index (χ2n) is 5.24. The lowest BCUT2D eigenvalue weighted by molar-refractivity contribution is 0.0542. The largest absolute Gasteiger partial charge is 0.393 e. The Labute approximate surface area is 122 Å². The highest BCUT2D eigenvalue weighted by molar-refractivity contribution is 6.00. The van der Waals surface area contributed by atoms with Gasteiger partial charge in [0.05, 0.1) is 6.10 Å². The standard InChI is InChI=1S/C15H18N4O2/c16-18-14-12-4-2-1-3-10(12)9-13(17-14)15(21)19-7-5-11(20)6-8-19/h1-4,9,11,20H,5-8,16H2,(H,17,18). The number of likely N-dealkylation sites (tertiary alicyclic amines) is 1. The minimum absolute atomic E-state index is 0.121. The Balaban J connectivity index is 1.94. The number of benzene rings is 1. The molecule has 1 aliphatic heterocycles. The molecule has 4 N–H and O–H groups in total. The van der Waals surface area contributed by atoms with Crippen LogP contribution in [0.5, 0.6) is 0 Å². The molecule has 2 aromatic rings. The topological polar surface area (TPSA) is 91.5 Å². The number of nitrogens with one attached hydrogen (secondary N) is 1. The fourth-order valence-corrected chi connectivity index (χ4v) is 2.65. The first-order chi connectivity index (χ1) is 10.2. The molecule has 21 heavy (non-hydrogen) atoms. The van der Waals surface area contributed by atoms with Crippen LogP contribution in [0.1, 0.15) is 23.3 Å². The first-order valence-corrected chi connectivity index (χ1v) is 7.03. The Kier molecular flexibility index (Phi) is 3.72. The van der Waals surface area contributed by atoms with Crippen molar-refractivity contribution in [2.45, 2.75) is 18.9 Å². The number of anilines is 1. The molecular weight excluding hydrogens is 268 g/mol. The highest BCUT2D eigenvalue weighted by atomic mass is 16.3. The number of hydrazine groups is 1. The normalized spacial score (nSPS) is 16.2. The van der Waals surface area contributed by atoms with Crippen molar-refractivity contribution in [1.29, 1.82) is 0 Å². The van der Waals surface area contributed by atoms with Gasteiger partial charge < -0.3 is 15.4 Å². The number of pyridine rings is 1. The predicted molar refractivity (Wildman–Crippen MR) is 80.7 cm³/mol. The maximum atomic E-state index is 12.5. The number of hydrogen-bond donors (Lipinski definition) is 3. The lowest BCUT2D eigenvalue weighted by atomic mass is 10.1. The van der Waals surface area contributed by atoms with Gasteiger partial charge in [0.2, 0.25) is 0 Å². The molecule has 110 valence electrons. The number of nitrogens with two attached hydrogens (primary N) is 1. The molecule has 0 aliphatic carbocycles. The molecule has 0 saturated carbocycles. The van der Waals surface area contributed by atoms with Crippen LogP contribution in [-0.4, -0.2) is 40.1 Å². The summed E-state index contributed by atoms with van der Waals surface area (Å²) in [7, 11) is 0. The van der Waals surface area contributed by atoms with Crippen molar-refractivity contribution in [3.05, 3.63) is 36.0 Å². The van der Waals surface area contributed by atoms with E-state index < -0.39 is 0 Å². The van der Waals surface area contributed by atoms with Gasteiger partial charge >= 0.3 is 0 Å². The van der Waals surface area contributed by atoms with Crippen LogP contribution in [0.15, 0.2) is 30.3 Å². The molecule has 6 nitrogen and oxygen atoms in total. The molecule has 2 heterocycles. The van der Waals surface area contributed by atoms with Crippen LogP contribution in [0.3, 0.4) is 0 Å². The summed E-state index contributed by atoms with van der Waals surface area (Å²) in [6, 6.07) is 9.42. The van der Waals surface area contributed by atoms with Crippen LogP contribution in [0.4, 0.5) is 5.82 Å². The van der Waals surface area contributed by atoms with E-state index in [2.05, 4.69) is 10.4 Å². The van der Waals surface area contributed by atoms with Crippen LogP contribution in [0, 0.1) is 0 Å². The number of carbonyl (C=O) groups is 1. The average molecular weight is 286 g/mol. The summed E-state index contributed by atoms with van der Waals surface area (Å²) in [6.45, 7) is 1.11. The van der Waals surface area contributed by atoms with Crippen molar-refractivity contribution in [2.24, 2.45) is 5.84 Å². The summed E-state index contributed by atoms with van der Waals surface area (Å²) in [6.07, 6.45) is 0.919. The molecule has 1 saturated heterocycles. The zero-order valence-corrected chi connectivity index (χ0v) is 11.6. The molecule has 3 rings (SSSR count). The lowest BCUT2D eigenvalue weighted by Gasteiger charge is -2.29. The number of piperidine rings is 1. The van der Waals surface area contributed by atoms with Gasteiger partial charge in [0, 0.05) is 18.5 Å². The van der Waals surface area contributed by atoms with Gasteiger partial charge in [-0.05, 0) is 24.3 Å². The zero-order chi connectivity index (χ0) is 14.8. The van der Waals surface area contributed by atoms with Crippen LogP contribution in [0.2, 0.25) is 0 Å². The molecule has 6 heteroatoms. The Bertz CT molecular complexity index is 666. The minimum atomic E-state index is -0.306. The van der Waals surface area contributed by atoms with Gasteiger partial charge in [0.1, 0.15) is 11.5 Å². The number of nitrogens with zero attached hydrogens (tertiary/aromatic N) is 2. The number of fused-ring (bicyclic) bond motifs is 1. The summed E-state index contributed by atoms with van der Waals surface area (Å²) >= 11 is 0. The predicted octanol–water partition coefficient (Wildman–Crippen LogP) is 1.12. The fourth-order valence-electron chi connectivity index (χ4n) is 2.65. The molecular formula is C15H18N4O2. The van der Waals surface area contributed by atoms with E-state index in [0.29, 0.717) is 37.4 Å². The number of aliphatic hydroxyl groups is 1. The molecule has 0 unspecified atom stereocenters. The van der Waals surface area contributed by atoms with Crippen molar-refractivity contribution in [3.63, 3.8) is 0 Å². The van der Waals surface area contributed by atoms with Crippen molar-refractivity contribution in [2.75, 3.05) is 18.5 Å². The monoisotopic (exact) mass is 286 g/mol. The molecule has 0 bridgehead atoms. The zero-order valence-electron chi connectivity index (χ0n) is 11.6. The summed E-state index contributed by atoms with van der Waals surface area (Å²) in [5, 5.41) is 11.3. The van der Waals surface area contributed by atoms with Crippen LogP contribution >= 0.6 is 0 Å². The Hall–Kier alpha value is -2.18. The minimum Gasteiger partial charge on any atom is -0.393 e. The van der Waals surface area contributed by atoms with Crippen molar-refractivity contribution in [3.8, 4) is 0 Å². The lowest BCUT2D eigenvalue weighted by Crippen LogP contribution is -2.40. The Morgan fingerprint density at radius 2 is 2.05 bits per heavy atom. The van der Waals surface area contributed by atoms with Crippen molar-refractivity contribution in [1.82, 2.24) is 9.88 Å². The van der Waals surface area contributed by atoms with Crippen LogP contribution in [0.25, 0.3) is 10.8 Å². The molecule has 0 spiro atoms. The average Bonchev–Trinajstić information content (AvgIpc) is 2.53. The summed E-state index contributed by atoms with van der Waals surface area (Å²) in [5.41, 5.74) is 2.93. The van der Waals surface area contributed by atoms with E-state index in [0.717, 1.165) is 10.8 Å². The van der Waals surface area contributed by atoms with E-state index >= 15 is 0 Å². The number of rotatable bonds is 2. The smallest absolute Gasteiger partial charge is 0.272 e. The third-order valence-electron chi connectivity index (χ3n) is 3.85. The van der Waals surface area contributed by atoms with Crippen molar-refractivity contribution >= 4 is 22.5 Å². The molecule has 1 amide bonds. The Morgan fingerprint density at radius 3 is 2.76 bits per heavy atom. The number of aliphatic hydroxyl groups excluding tert-OH is 1. The molecule has 0 radical (unpaired) electrons. The highest BCUT2D eigenvalue weighted by Crippen LogP contribution is 2.23. The van der Waals surface area contributed by atoms with Gasteiger partial charge in [-0.15, -0.1) is 0 Å². The molecule has 1 aromatic heterocycles. The van der Waals surface area contributed by atoms with Gasteiger partial charge in [-0.1, -0.05) is 24.3 Å². The quantitative estimate of drug-likeness (QED) is 0.568. The van der Waals surface area contributed by atoms with Crippen LogP contribution < -0.4 is 11.3 Å². The first-order valence-electron chi connectivity index (χ1n) is 7.03. The van der Waals surface area contributed by atoms with E-state index in [9.17, 15) is 9.90 Å². The fraction of sp³-hybridized carbons (Fsp3) is 0.333. The van der Waals surface area contributed by atoms with E-state index in [1.165, 1.54) is 0 Å². The number of amides is 1.